The van der Waals surface area contributed by atoms with Crippen molar-refractivity contribution in [1.29, 1.82) is 0 Å². The number of amides is 1. The molecule has 0 unspecified atom stereocenters. The summed E-state index contributed by atoms with van der Waals surface area (Å²) in [5.74, 6) is -0.117. The molecule has 1 fully saturated rings. The number of nitrogens with zero attached hydrogens (tertiary/aromatic N) is 1. The number of carbonyl (C=O) groups is 1. The van der Waals surface area contributed by atoms with Gasteiger partial charge in [-0.05, 0) is 30.5 Å². The quantitative estimate of drug-likeness (QED) is 0.792. The molecule has 1 amide bonds. The number of phenolic OH excluding ortho intramolecular Hbond substituents is 1. The number of hydrogen-bond donors (Lipinski definition) is 2. The number of aromatic hydroxyl groups is 1. The Bertz CT molecular complexity index is 867. The van der Waals surface area contributed by atoms with E-state index < -0.39 is 5.54 Å². The van der Waals surface area contributed by atoms with Crippen molar-refractivity contribution in [3.8, 4) is 11.5 Å². The minimum atomic E-state index is -0.718. The fourth-order valence-electron chi connectivity index (χ4n) is 3.85. The molecule has 3 rings (SSSR count). The van der Waals surface area contributed by atoms with Crippen LogP contribution in [0.1, 0.15) is 30.9 Å². The monoisotopic (exact) mass is 406 g/mol. The molecule has 1 aliphatic heterocycles. The van der Waals surface area contributed by atoms with Crippen molar-refractivity contribution in [2.45, 2.75) is 31.8 Å². The number of ether oxygens (including phenoxy) is 1. The summed E-state index contributed by atoms with van der Waals surface area (Å²) >= 11 is 6.27. The van der Waals surface area contributed by atoms with Gasteiger partial charge in [-0.2, -0.15) is 0 Å². The zero-order valence-electron chi connectivity index (χ0n) is 16.0. The second-order valence-corrected chi connectivity index (χ2v) is 7.54. The van der Waals surface area contributed by atoms with Crippen molar-refractivity contribution in [1.82, 2.24) is 10.2 Å². The maximum atomic E-state index is 14.5. The number of carbonyl (C=O) groups excluding carboxylic acids is 1. The van der Waals surface area contributed by atoms with Crippen LogP contribution in [-0.2, 0) is 16.9 Å². The predicted octanol–water partition coefficient (Wildman–Crippen LogP) is 3.82. The van der Waals surface area contributed by atoms with Crippen LogP contribution in [0.25, 0.3) is 0 Å². The number of halogens is 2. The maximum absolute atomic E-state index is 14.5. The Labute approximate surface area is 169 Å². The van der Waals surface area contributed by atoms with Crippen LogP contribution in [0.2, 0.25) is 5.02 Å². The van der Waals surface area contributed by atoms with Gasteiger partial charge >= 0.3 is 0 Å². The lowest BCUT2D eigenvalue weighted by Crippen LogP contribution is -2.52. The van der Waals surface area contributed by atoms with Crippen LogP contribution in [0.15, 0.2) is 36.4 Å². The highest BCUT2D eigenvalue weighted by molar-refractivity contribution is 6.31. The molecule has 5 nitrogen and oxygen atoms in total. The second-order valence-electron chi connectivity index (χ2n) is 7.13. The Morgan fingerprint density at radius 3 is 2.61 bits per heavy atom. The van der Waals surface area contributed by atoms with Gasteiger partial charge in [0.15, 0.2) is 11.5 Å². The molecule has 0 aromatic heterocycles. The van der Waals surface area contributed by atoms with Crippen LogP contribution < -0.4 is 10.1 Å². The Hall–Kier alpha value is -2.31. The molecule has 7 heteroatoms. The lowest BCUT2D eigenvalue weighted by molar-refractivity contribution is -0.121. The number of benzene rings is 2. The van der Waals surface area contributed by atoms with Crippen LogP contribution >= 0.6 is 11.6 Å². The molecule has 1 aliphatic rings. The fourth-order valence-corrected chi connectivity index (χ4v) is 4.07. The van der Waals surface area contributed by atoms with E-state index in [1.165, 1.54) is 26.2 Å². The number of rotatable bonds is 5. The Balaban J connectivity index is 1.78. The van der Waals surface area contributed by atoms with Crippen molar-refractivity contribution < 1.29 is 19.0 Å². The molecular weight excluding hydrogens is 383 g/mol. The predicted molar refractivity (Wildman–Crippen MR) is 106 cm³/mol. The largest absolute Gasteiger partial charge is 0.504 e. The summed E-state index contributed by atoms with van der Waals surface area (Å²) in [4.78, 5) is 14.0. The number of piperidine rings is 1. The zero-order valence-corrected chi connectivity index (χ0v) is 16.7. The van der Waals surface area contributed by atoms with Gasteiger partial charge in [0.25, 0.3) is 0 Å². The summed E-state index contributed by atoms with van der Waals surface area (Å²) in [6, 6.07) is 9.80. The molecule has 1 heterocycles. The van der Waals surface area contributed by atoms with E-state index in [1.54, 1.807) is 24.3 Å². The van der Waals surface area contributed by atoms with Gasteiger partial charge in [-0.3, -0.25) is 9.69 Å². The average molecular weight is 407 g/mol. The molecule has 2 N–H and O–H groups in total. The maximum Gasteiger partial charge on any atom is 0.217 e. The standard InChI is InChI=1S/C21H24ClFN2O3/c1-14(26)24-21(16-5-3-4-6-18(16)23)7-9-25(10-8-21)13-15-11-20(28-2)19(27)12-17(15)22/h3-6,11-12,27H,7-10,13H2,1-2H3,(H,24,26). The van der Waals surface area contributed by atoms with Gasteiger partial charge in [-0.15, -0.1) is 0 Å². The first kappa shape index (κ1) is 20.4. The molecule has 150 valence electrons. The molecule has 0 atom stereocenters. The minimum absolute atomic E-state index is 0.000813. The summed E-state index contributed by atoms with van der Waals surface area (Å²) < 4.78 is 19.6. The summed E-state index contributed by atoms with van der Waals surface area (Å²) in [6.07, 6.45) is 1.17. The number of methoxy groups -OCH3 is 1. The highest BCUT2D eigenvalue weighted by atomic mass is 35.5. The summed E-state index contributed by atoms with van der Waals surface area (Å²) in [5, 5.41) is 13.3. The molecule has 0 saturated carbocycles. The lowest BCUT2D eigenvalue weighted by atomic mass is 9.80. The number of nitrogens with one attached hydrogen (secondary N) is 1. The Kier molecular flexibility index (Phi) is 6.10. The second kappa shape index (κ2) is 8.37. The first-order valence-electron chi connectivity index (χ1n) is 9.16. The third-order valence-corrected chi connectivity index (χ3v) is 5.61. The van der Waals surface area contributed by atoms with E-state index >= 15 is 0 Å². The fraction of sp³-hybridized carbons (Fsp3) is 0.381. The number of phenols is 1. The molecule has 28 heavy (non-hydrogen) atoms. The third-order valence-electron chi connectivity index (χ3n) is 5.26. The number of hydrogen-bond acceptors (Lipinski definition) is 4. The third kappa shape index (κ3) is 4.23. The molecule has 2 aromatic rings. The van der Waals surface area contributed by atoms with E-state index in [-0.39, 0.29) is 17.5 Å². The van der Waals surface area contributed by atoms with E-state index in [4.69, 9.17) is 16.3 Å². The van der Waals surface area contributed by atoms with Crippen molar-refractivity contribution in [3.05, 3.63) is 58.4 Å². The molecule has 0 spiro atoms. The molecule has 2 aromatic carbocycles. The zero-order chi connectivity index (χ0) is 20.3. The van der Waals surface area contributed by atoms with E-state index in [9.17, 15) is 14.3 Å². The van der Waals surface area contributed by atoms with E-state index in [0.29, 0.717) is 48.8 Å². The molecule has 0 aliphatic carbocycles. The normalized spacial score (nSPS) is 16.6. The summed E-state index contributed by atoms with van der Waals surface area (Å²) in [7, 11) is 1.49. The van der Waals surface area contributed by atoms with Gasteiger partial charge in [0, 0.05) is 43.2 Å². The molecule has 0 bridgehead atoms. The van der Waals surface area contributed by atoms with Crippen LogP contribution in [0.5, 0.6) is 11.5 Å². The average Bonchev–Trinajstić information content (AvgIpc) is 2.65. The van der Waals surface area contributed by atoms with Gasteiger partial charge in [0.05, 0.1) is 12.6 Å². The summed E-state index contributed by atoms with van der Waals surface area (Å²) in [5.41, 5.74) is 0.646. The van der Waals surface area contributed by atoms with Crippen molar-refractivity contribution in [3.63, 3.8) is 0 Å². The first-order valence-corrected chi connectivity index (χ1v) is 9.54. The van der Waals surface area contributed by atoms with Gasteiger partial charge in [0.2, 0.25) is 5.91 Å². The van der Waals surface area contributed by atoms with Crippen LogP contribution in [0, 0.1) is 5.82 Å². The molecule has 1 saturated heterocycles. The SMILES string of the molecule is COc1cc(CN2CCC(NC(C)=O)(c3ccccc3F)CC2)c(Cl)cc1O. The van der Waals surface area contributed by atoms with E-state index in [1.807, 2.05) is 0 Å². The van der Waals surface area contributed by atoms with Gasteiger partial charge in [-0.25, -0.2) is 4.39 Å². The smallest absolute Gasteiger partial charge is 0.217 e. The van der Waals surface area contributed by atoms with Crippen LogP contribution in [0.4, 0.5) is 4.39 Å². The molecule has 0 radical (unpaired) electrons. The first-order chi connectivity index (χ1) is 13.3. The summed E-state index contributed by atoms with van der Waals surface area (Å²) in [6.45, 7) is 3.35. The Morgan fingerprint density at radius 1 is 1.32 bits per heavy atom. The van der Waals surface area contributed by atoms with Gasteiger partial charge < -0.3 is 15.2 Å². The highest BCUT2D eigenvalue weighted by Crippen LogP contribution is 2.37. The lowest BCUT2D eigenvalue weighted by Gasteiger charge is -2.42. The molecular formula is C21H24ClFN2O3. The van der Waals surface area contributed by atoms with E-state index in [0.717, 1.165) is 5.56 Å². The Morgan fingerprint density at radius 2 is 2.00 bits per heavy atom. The van der Waals surface area contributed by atoms with Crippen molar-refractivity contribution in [2.75, 3.05) is 20.2 Å². The minimum Gasteiger partial charge on any atom is -0.504 e. The van der Waals surface area contributed by atoms with Crippen molar-refractivity contribution in [2.24, 2.45) is 0 Å². The van der Waals surface area contributed by atoms with Crippen LogP contribution in [-0.4, -0.2) is 36.1 Å². The topological polar surface area (TPSA) is 61.8 Å². The van der Waals surface area contributed by atoms with Crippen molar-refractivity contribution >= 4 is 17.5 Å². The van der Waals surface area contributed by atoms with Gasteiger partial charge in [0.1, 0.15) is 5.82 Å². The number of likely N-dealkylation sites (tertiary alicyclic amines) is 1. The van der Waals surface area contributed by atoms with Gasteiger partial charge in [-0.1, -0.05) is 29.8 Å². The van der Waals surface area contributed by atoms with Crippen LogP contribution in [0.3, 0.4) is 0 Å². The van der Waals surface area contributed by atoms with E-state index in [2.05, 4.69) is 10.2 Å². The highest BCUT2D eigenvalue weighted by Gasteiger charge is 2.38.